The Labute approximate surface area is 118 Å². The summed E-state index contributed by atoms with van der Waals surface area (Å²) in [5, 5.41) is 3.86. The van der Waals surface area contributed by atoms with Gasteiger partial charge in [-0.1, -0.05) is 31.5 Å². The first-order chi connectivity index (χ1) is 9.16. The molecule has 1 aromatic rings. The van der Waals surface area contributed by atoms with Crippen LogP contribution in [-0.4, -0.2) is 22.7 Å². The summed E-state index contributed by atoms with van der Waals surface area (Å²) in [4.78, 5) is 16.1. The lowest BCUT2D eigenvalue weighted by Gasteiger charge is -2.29. The van der Waals surface area contributed by atoms with E-state index < -0.39 is 0 Å². The molecule has 1 aliphatic carbocycles. The molecular formula is C14H21N3OS. The maximum absolute atomic E-state index is 11.9. The topological polar surface area (TPSA) is 68.0 Å². The van der Waals surface area contributed by atoms with Gasteiger partial charge in [0, 0.05) is 12.2 Å². The second kappa shape index (κ2) is 6.80. The summed E-state index contributed by atoms with van der Waals surface area (Å²) in [6, 6.07) is 3.93. The van der Waals surface area contributed by atoms with Crippen molar-refractivity contribution in [3.63, 3.8) is 0 Å². The van der Waals surface area contributed by atoms with Crippen LogP contribution in [0.1, 0.15) is 32.6 Å². The highest BCUT2D eigenvalue weighted by Gasteiger charge is 2.22. The van der Waals surface area contributed by atoms with E-state index in [0.717, 1.165) is 11.4 Å². The minimum Gasteiger partial charge on any atom is -0.397 e. The number of carbonyl (C=O) groups is 1. The zero-order chi connectivity index (χ0) is 13.7. The molecular weight excluding hydrogens is 258 g/mol. The molecule has 0 aromatic carbocycles. The fourth-order valence-electron chi connectivity index (χ4n) is 2.44. The predicted molar refractivity (Wildman–Crippen MR) is 78.9 cm³/mol. The van der Waals surface area contributed by atoms with E-state index in [2.05, 4.69) is 17.2 Å². The van der Waals surface area contributed by atoms with Gasteiger partial charge in [0.1, 0.15) is 5.03 Å². The Bertz CT molecular complexity index is 438. The molecule has 0 radical (unpaired) electrons. The van der Waals surface area contributed by atoms with E-state index in [1.54, 1.807) is 18.3 Å². The maximum atomic E-state index is 11.9. The number of hydrogen-bond acceptors (Lipinski definition) is 4. The van der Waals surface area contributed by atoms with Gasteiger partial charge in [0.15, 0.2) is 0 Å². The molecule has 1 aromatic heterocycles. The first-order valence-corrected chi connectivity index (χ1v) is 7.78. The van der Waals surface area contributed by atoms with Gasteiger partial charge >= 0.3 is 0 Å². The average molecular weight is 279 g/mol. The highest BCUT2D eigenvalue weighted by atomic mass is 32.2. The lowest BCUT2D eigenvalue weighted by atomic mass is 9.86. The first kappa shape index (κ1) is 14.2. The summed E-state index contributed by atoms with van der Waals surface area (Å²) >= 11 is 1.40. The van der Waals surface area contributed by atoms with E-state index in [4.69, 9.17) is 5.73 Å². The normalized spacial score (nSPS) is 23.0. The van der Waals surface area contributed by atoms with Crippen molar-refractivity contribution in [3.05, 3.63) is 18.3 Å². The number of nitrogens with two attached hydrogens (primary N) is 1. The third-order valence-corrected chi connectivity index (χ3v) is 4.62. The van der Waals surface area contributed by atoms with E-state index in [1.165, 1.54) is 31.0 Å². The molecule has 19 heavy (non-hydrogen) atoms. The predicted octanol–water partition coefficient (Wildman–Crippen LogP) is 2.45. The molecule has 0 bridgehead atoms. The van der Waals surface area contributed by atoms with Gasteiger partial charge in [0.2, 0.25) is 5.91 Å². The van der Waals surface area contributed by atoms with E-state index in [1.807, 2.05) is 0 Å². The van der Waals surface area contributed by atoms with Gasteiger partial charge in [0.05, 0.1) is 11.4 Å². The number of carbonyl (C=O) groups excluding carboxylic acids is 1. The zero-order valence-corrected chi connectivity index (χ0v) is 12.1. The van der Waals surface area contributed by atoms with Crippen molar-refractivity contribution < 1.29 is 4.79 Å². The molecule has 0 aliphatic heterocycles. The summed E-state index contributed by atoms with van der Waals surface area (Å²) in [6.07, 6.45) is 6.51. The fraction of sp³-hybridized carbons (Fsp3) is 0.571. The van der Waals surface area contributed by atoms with Crippen molar-refractivity contribution >= 4 is 23.4 Å². The summed E-state index contributed by atoms with van der Waals surface area (Å²) < 4.78 is 0. The second-order valence-electron chi connectivity index (χ2n) is 5.12. The first-order valence-electron chi connectivity index (χ1n) is 6.79. The number of aromatic nitrogens is 1. The van der Waals surface area contributed by atoms with Crippen LogP contribution in [0.2, 0.25) is 0 Å². The van der Waals surface area contributed by atoms with Crippen LogP contribution in [0.3, 0.4) is 0 Å². The van der Waals surface area contributed by atoms with Gasteiger partial charge in [-0.3, -0.25) is 4.79 Å². The van der Waals surface area contributed by atoms with Gasteiger partial charge in [-0.05, 0) is 30.9 Å². The lowest BCUT2D eigenvalue weighted by molar-refractivity contribution is -0.119. The van der Waals surface area contributed by atoms with Crippen molar-refractivity contribution in [2.75, 3.05) is 11.5 Å². The Morgan fingerprint density at radius 3 is 3.05 bits per heavy atom. The Morgan fingerprint density at radius 1 is 1.53 bits per heavy atom. The van der Waals surface area contributed by atoms with Crippen LogP contribution in [0.25, 0.3) is 0 Å². The Balaban J connectivity index is 1.80. The zero-order valence-electron chi connectivity index (χ0n) is 11.3. The van der Waals surface area contributed by atoms with E-state index in [9.17, 15) is 4.79 Å². The maximum Gasteiger partial charge on any atom is 0.230 e. The van der Waals surface area contributed by atoms with E-state index in [-0.39, 0.29) is 5.91 Å². The molecule has 1 fully saturated rings. The molecule has 104 valence electrons. The molecule has 5 heteroatoms. The van der Waals surface area contributed by atoms with Gasteiger partial charge in [-0.15, -0.1) is 0 Å². The quantitative estimate of drug-likeness (QED) is 0.831. The number of nitrogen functional groups attached to an aromatic ring is 1. The molecule has 2 atom stereocenters. The van der Waals surface area contributed by atoms with Crippen molar-refractivity contribution in [2.45, 2.75) is 43.7 Å². The molecule has 4 nitrogen and oxygen atoms in total. The summed E-state index contributed by atoms with van der Waals surface area (Å²) in [6.45, 7) is 2.22. The SMILES string of the molecule is CC1CCCCC1NC(=O)CSc1ncccc1N. The molecule has 0 spiro atoms. The number of amides is 1. The standard InChI is InChI=1S/C14H21N3OS/c1-10-5-2-3-7-12(10)17-13(18)9-19-14-11(15)6-4-8-16-14/h4,6,8,10,12H,2-3,5,7,9,15H2,1H3,(H,17,18). The average Bonchev–Trinajstić information content (AvgIpc) is 2.40. The number of pyridine rings is 1. The highest BCUT2D eigenvalue weighted by Crippen LogP contribution is 2.24. The van der Waals surface area contributed by atoms with Crippen LogP contribution in [-0.2, 0) is 4.79 Å². The number of rotatable bonds is 4. The van der Waals surface area contributed by atoms with Crippen LogP contribution in [0, 0.1) is 5.92 Å². The third kappa shape index (κ3) is 4.13. The summed E-state index contributed by atoms with van der Waals surface area (Å²) in [7, 11) is 0. The van der Waals surface area contributed by atoms with Crippen LogP contribution in [0.5, 0.6) is 0 Å². The number of nitrogens with one attached hydrogen (secondary N) is 1. The van der Waals surface area contributed by atoms with Gasteiger partial charge < -0.3 is 11.1 Å². The van der Waals surface area contributed by atoms with Crippen molar-refractivity contribution in [1.29, 1.82) is 0 Å². The third-order valence-electron chi connectivity index (χ3n) is 3.60. The van der Waals surface area contributed by atoms with Crippen LogP contribution >= 0.6 is 11.8 Å². The largest absolute Gasteiger partial charge is 0.397 e. The molecule has 1 heterocycles. The number of hydrogen-bond donors (Lipinski definition) is 2. The smallest absolute Gasteiger partial charge is 0.230 e. The van der Waals surface area contributed by atoms with Crippen molar-refractivity contribution in [2.24, 2.45) is 5.92 Å². The molecule has 1 aliphatic rings. The molecule has 3 N–H and O–H groups in total. The highest BCUT2D eigenvalue weighted by molar-refractivity contribution is 8.00. The lowest BCUT2D eigenvalue weighted by Crippen LogP contribution is -2.41. The van der Waals surface area contributed by atoms with Gasteiger partial charge in [0.25, 0.3) is 0 Å². The molecule has 2 rings (SSSR count). The Hall–Kier alpha value is -1.23. The minimum absolute atomic E-state index is 0.0776. The Morgan fingerprint density at radius 2 is 2.32 bits per heavy atom. The number of anilines is 1. The van der Waals surface area contributed by atoms with Crippen LogP contribution in [0.4, 0.5) is 5.69 Å². The van der Waals surface area contributed by atoms with Gasteiger partial charge in [-0.25, -0.2) is 4.98 Å². The Kier molecular flexibility index (Phi) is 5.07. The van der Waals surface area contributed by atoms with Crippen LogP contribution < -0.4 is 11.1 Å². The minimum atomic E-state index is 0.0776. The van der Waals surface area contributed by atoms with E-state index >= 15 is 0 Å². The van der Waals surface area contributed by atoms with E-state index in [0.29, 0.717) is 23.4 Å². The molecule has 1 amide bonds. The van der Waals surface area contributed by atoms with Crippen LogP contribution in [0.15, 0.2) is 23.4 Å². The monoisotopic (exact) mass is 279 g/mol. The molecule has 0 saturated heterocycles. The fourth-order valence-corrected chi connectivity index (χ4v) is 3.16. The summed E-state index contributed by atoms with van der Waals surface area (Å²) in [5.41, 5.74) is 6.43. The van der Waals surface area contributed by atoms with Gasteiger partial charge in [-0.2, -0.15) is 0 Å². The molecule has 1 saturated carbocycles. The van der Waals surface area contributed by atoms with Crippen molar-refractivity contribution in [3.8, 4) is 0 Å². The summed E-state index contributed by atoms with van der Waals surface area (Å²) in [5.74, 6) is 1.04. The number of thioether (sulfide) groups is 1. The second-order valence-corrected chi connectivity index (χ2v) is 6.09. The number of nitrogens with zero attached hydrogens (tertiary/aromatic N) is 1. The van der Waals surface area contributed by atoms with Crippen molar-refractivity contribution in [1.82, 2.24) is 10.3 Å². The molecule has 2 unspecified atom stereocenters.